The van der Waals surface area contributed by atoms with Gasteiger partial charge >= 0.3 is 0 Å². The zero-order valence-electron chi connectivity index (χ0n) is 13.8. The van der Waals surface area contributed by atoms with E-state index < -0.39 is 16.1 Å². The van der Waals surface area contributed by atoms with Crippen LogP contribution in [0.1, 0.15) is 12.5 Å². The third-order valence-electron chi connectivity index (χ3n) is 3.30. The van der Waals surface area contributed by atoms with Crippen LogP contribution < -0.4 is 14.2 Å². The maximum Gasteiger partial charge on any atom is 0.216 e. The van der Waals surface area contributed by atoms with Crippen molar-refractivity contribution < 1.29 is 17.9 Å². The lowest BCUT2D eigenvalue weighted by atomic mass is 10.2. The summed E-state index contributed by atoms with van der Waals surface area (Å²) in [6.07, 6.45) is 0. The standard InChI is InChI=1S/C17H19Cl2NO4S/c1-12(10-24-16-7-5-15(23-2)6-8-16)20-25(21,22)11-13-3-4-14(18)9-17(13)19/h3-9,12,20H,10-11H2,1-2H3. The van der Waals surface area contributed by atoms with Gasteiger partial charge in [0.25, 0.3) is 0 Å². The fourth-order valence-corrected chi connectivity index (χ4v) is 4.10. The number of hydrogen-bond acceptors (Lipinski definition) is 4. The molecule has 25 heavy (non-hydrogen) atoms. The van der Waals surface area contributed by atoms with Gasteiger partial charge < -0.3 is 9.47 Å². The van der Waals surface area contributed by atoms with Gasteiger partial charge in [0.1, 0.15) is 18.1 Å². The Balaban J connectivity index is 1.90. The maximum atomic E-state index is 12.3. The van der Waals surface area contributed by atoms with Crippen LogP contribution in [0.5, 0.6) is 11.5 Å². The first kappa shape index (κ1) is 19.8. The Morgan fingerprint density at radius 1 is 1.08 bits per heavy atom. The van der Waals surface area contributed by atoms with Crippen molar-refractivity contribution in [3.63, 3.8) is 0 Å². The third-order valence-corrected chi connectivity index (χ3v) is 5.34. The predicted octanol–water partition coefficient (Wildman–Crippen LogP) is 3.89. The summed E-state index contributed by atoms with van der Waals surface area (Å²) in [7, 11) is -1.98. The minimum absolute atomic E-state index is 0.194. The zero-order valence-corrected chi connectivity index (χ0v) is 16.2. The topological polar surface area (TPSA) is 64.6 Å². The predicted molar refractivity (Wildman–Crippen MR) is 100 cm³/mol. The van der Waals surface area contributed by atoms with Crippen molar-refractivity contribution in [3.05, 3.63) is 58.1 Å². The molecule has 0 saturated heterocycles. The van der Waals surface area contributed by atoms with Crippen molar-refractivity contribution >= 4 is 33.2 Å². The number of rotatable bonds is 8. The van der Waals surface area contributed by atoms with Crippen LogP contribution in [0.4, 0.5) is 0 Å². The summed E-state index contributed by atoms with van der Waals surface area (Å²) >= 11 is 11.8. The Morgan fingerprint density at radius 3 is 2.32 bits per heavy atom. The number of methoxy groups -OCH3 is 1. The number of nitrogens with one attached hydrogen (secondary N) is 1. The van der Waals surface area contributed by atoms with Gasteiger partial charge in [-0.25, -0.2) is 13.1 Å². The molecule has 2 aromatic carbocycles. The lowest BCUT2D eigenvalue weighted by Crippen LogP contribution is -2.37. The molecule has 2 aromatic rings. The molecule has 0 saturated carbocycles. The van der Waals surface area contributed by atoms with E-state index in [2.05, 4.69) is 4.72 Å². The van der Waals surface area contributed by atoms with Crippen LogP contribution in [-0.4, -0.2) is 28.2 Å². The largest absolute Gasteiger partial charge is 0.497 e. The second-order valence-electron chi connectivity index (χ2n) is 5.50. The molecule has 0 aliphatic rings. The fourth-order valence-electron chi connectivity index (χ4n) is 2.12. The molecule has 8 heteroatoms. The molecule has 0 aromatic heterocycles. The van der Waals surface area contributed by atoms with Gasteiger partial charge in [-0.2, -0.15) is 0 Å². The van der Waals surface area contributed by atoms with E-state index in [1.807, 2.05) is 0 Å². The van der Waals surface area contributed by atoms with E-state index in [-0.39, 0.29) is 12.4 Å². The Morgan fingerprint density at radius 2 is 1.72 bits per heavy atom. The van der Waals surface area contributed by atoms with E-state index in [0.717, 1.165) is 5.75 Å². The zero-order chi connectivity index (χ0) is 18.4. The third kappa shape index (κ3) is 6.40. The molecule has 1 atom stereocenters. The fraction of sp³-hybridized carbons (Fsp3) is 0.294. The van der Waals surface area contributed by atoms with Gasteiger partial charge in [0, 0.05) is 10.0 Å². The summed E-state index contributed by atoms with van der Waals surface area (Å²) in [6, 6.07) is 11.4. The van der Waals surface area contributed by atoms with Gasteiger partial charge in [-0.05, 0) is 48.9 Å². The molecule has 0 spiro atoms. The molecule has 0 aliphatic carbocycles. The Bertz CT molecular complexity index is 810. The van der Waals surface area contributed by atoms with Gasteiger partial charge in [-0.15, -0.1) is 0 Å². The van der Waals surface area contributed by atoms with Gasteiger partial charge in [0.15, 0.2) is 0 Å². The average Bonchev–Trinajstić information content (AvgIpc) is 2.55. The van der Waals surface area contributed by atoms with Crippen molar-refractivity contribution in [1.29, 1.82) is 0 Å². The van der Waals surface area contributed by atoms with Gasteiger partial charge in [-0.1, -0.05) is 29.3 Å². The highest BCUT2D eigenvalue weighted by Gasteiger charge is 2.17. The van der Waals surface area contributed by atoms with E-state index in [9.17, 15) is 8.42 Å². The van der Waals surface area contributed by atoms with Crippen molar-refractivity contribution in [2.45, 2.75) is 18.7 Å². The first-order valence-corrected chi connectivity index (χ1v) is 9.90. The monoisotopic (exact) mass is 403 g/mol. The van der Waals surface area contributed by atoms with Crippen molar-refractivity contribution in [1.82, 2.24) is 4.72 Å². The molecule has 0 aliphatic heterocycles. The Kier molecular flexibility index (Phi) is 6.95. The average molecular weight is 404 g/mol. The lowest BCUT2D eigenvalue weighted by molar-refractivity contribution is 0.287. The van der Waals surface area contributed by atoms with E-state index in [1.54, 1.807) is 50.4 Å². The molecule has 5 nitrogen and oxygen atoms in total. The van der Waals surface area contributed by atoms with Crippen LogP contribution in [0.3, 0.4) is 0 Å². The second kappa shape index (κ2) is 8.76. The molecule has 0 amide bonds. The lowest BCUT2D eigenvalue weighted by Gasteiger charge is -2.16. The Labute approximate surface area is 157 Å². The van der Waals surface area contributed by atoms with Crippen LogP contribution in [0.2, 0.25) is 10.0 Å². The van der Waals surface area contributed by atoms with Crippen LogP contribution in [0.15, 0.2) is 42.5 Å². The van der Waals surface area contributed by atoms with E-state index >= 15 is 0 Å². The van der Waals surface area contributed by atoms with Gasteiger partial charge in [0.2, 0.25) is 10.0 Å². The van der Waals surface area contributed by atoms with Crippen LogP contribution >= 0.6 is 23.2 Å². The first-order chi connectivity index (χ1) is 11.8. The number of halogens is 2. The second-order valence-corrected chi connectivity index (χ2v) is 8.10. The highest BCUT2D eigenvalue weighted by Crippen LogP contribution is 2.22. The van der Waals surface area contributed by atoms with Gasteiger partial charge in [-0.3, -0.25) is 0 Å². The molecule has 0 bridgehead atoms. The molecule has 1 N–H and O–H groups in total. The highest BCUT2D eigenvalue weighted by molar-refractivity contribution is 7.88. The molecule has 2 rings (SSSR count). The highest BCUT2D eigenvalue weighted by atomic mass is 35.5. The molecule has 0 radical (unpaired) electrons. The molecule has 0 fully saturated rings. The number of benzene rings is 2. The SMILES string of the molecule is COc1ccc(OCC(C)NS(=O)(=O)Cc2ccc(Cl)cc2Cl)cc1. The molecular weight excluding hydrogens is 385 g/mol. The summed E-state index contributed by atoms with van der Waals surface area (Å²) in [5.74, 6) is 1.13. The number of hydrogen-bond donors (Lipinski definition) is 1. The molecule has 1 unspecified atom stereocenters. The summed E-state index contributed by atoms with van der Waals surface area (Å²) in [6.45, 7) is 1.92. The minimum atomic E-state index is -3.56. The summed E-state index contributed by atoms with van der Waals surface area (Å²) in [4.78, 5) is 0. The molecular formula is C17H19Cl2NO4S. The number of sulfonamides is 1. The first-order valence-electron chi connectivity index (χ1n) is 7.50. The summed E-state index contributed by atoms with van der Waals surface area (Å²) < 4.78 is 37.8. The molecule has 0 heterocycles. The van der Waals surface area contributed by atoms with Crippen LogP contribution in [-0.2, 0) is 15.8 Å². The Hall–Kier alpha value is -1.47. The number of ether oxygens (including phenoxy) is 2. The minimum Gasteiger partial charge on any atom is -0.497 e. The summed E-state index contributed by atoms with van der Waals surface area (Å²) in [5, 5.41) is 0.778. The maximum absolute atomic E-state index is 12.3. The van der Waals surface area contributed by atoms with E-state index in [4.69, 9.17) is 32.7 Å². The van der Waals surface area contributed by atoms with Gasteiger partial charge in [0.05, 0.1) is 18.9 Å². The van der Waals surface area contributed by atoms with Crippen molar-refractivity contribution in [3.8, 4) is 11.5 Å². The smallest absolute Gasteiger partial charge is 0.216 e. The molecule has 136 valence electrons. The summed E-state index contributed by atoms with van der Waals surface area (Å²) in [5.41, 5.74) is 0.488. The van der Waals surface area contributed by atoms with E-state index in [1.165, 1.54) is 6.07 Å². The normalized spacial score (nSPS) is 12.6. The van der Waals surface area contributed by atoms with Crippen molar-refractivity contribution in [2.75, 3.05) is 13.7 Å². The van der Waals surface area contributed by atoms with Crippen LogP contribution in [0.25, 0.3) is 0 Å². The quantitative estimate of drug-likeness (QED) is 0.725. The van der Waals surface area contributed by atoms with Crippen LogP contribution in [0, 0.1) is 0 Å². The van der Waals surface area contributed by atoms with Crippen molar-refractivity contribution in [2.24, 2.45) is 0 Å². The van der Waals surface area contributed by atoms with E-state index in [0.29, 0.717) is 21.4 Å².